The fraction of sp³-hybridized carbons (Fsp3) is 0.625. The van der Waals surface area contributed by atoms with Crippen LogP contribution >= 0.6 is 0 Å². The lowest BCUT2D eigenvalue weighted by molar-refractivity contribution is -0.137. The Hall–Kier alpha value is -1.18. The first-order valence-corrected chi connectivity index (χ1v) is 7.95. The maximum atomic E-state index is 13.4. The largest absolute Gasteiger partial charge is 0.416 e. The minimum absolute atomic E-state index is 0.359. The van der Waals surface area contributed by atoms with Crippen molar-refractivity contribution in [2.24, 2.45) is 0 Å². The Morgan fingerprint density at radius 1 is 1.09 bits per heavy atom. The molecule has 0 saturated carbocycles. The van der Waals surface area contributed by atoms with Crippen molar-refractivity contribution in [3.63, 3.8) is 0 Å². The number of alkyl halides is 3. The van der Waals surface area contributed by atoms with Crippen molar-refractivity contribution in [1.82, 2.24) is 15.1 Å². The normalized spacial score (nSPS) is 24.3. The van der Waals surface area contributed by atoms with Gasteiger partial charge in [0.1, 0.15) is 5.82 Å². The van der Waals surface area contributed by atoms with Crippen LogP contribution in [0.5, 0.6) is 0 Å². The molecule has 0 amide bonds. The van der Waals surface area contributed by atoms with Gasteiger partial charge in [0.15, 0.2) is 0 Å². The monoisotopic (exact) mass is 331 g/mol. The third-order valence-corrected chi connectivity index (χ3v) is 4.65. The molecule has 128 valence electrons. The lowest BCUT2D eigenvalue weighted by atomic mass is 10.1. The second-order valence-corrected chi connectivity index (χ2v) is 6.30. The van der Waals surface area contributed by atoms with E-state index < -0.39 is 17.6 Å². The van der Waals surface area contributed by atoms with E-state index in [4.69, 9.17) is 0 Å². The molecule has 0 bridgehead atoms. The maximum Gasteiger partial charge on any atom is 0.416 e. The Morgan fingerprint density at radius 2 is 1.83 bits per heavy atom. The van der Waals surface area contributed by atoms with Crippen molar-refractivity contribution in [2.75, 3.05) is 39.3 Å². The topological polar surface area (TPSA) is 18.5 Å². The molecule has 1 N–H and O–H groups in total. The number of nitrogens with one attached hydrogen (secondary N) is 1. The average Bonchev–Trinajstić information content (AvgIpc) is 3.01. The van der Waals surface area contributed by atoms with Crippen LogP contribution in [0.25, 0.3) is 0 Å². The molecule has 0 spiro atoms. The summed E-state index contributed by atoms with van der Waals surface area (Å²) in [5.74, 6) is -0.828. The summed E-state index contributed by atoms with van der Waals surface area (Å²) in [4.78, 5) is 4.52. The summed E-state index contributed by atoms with van der Waals surface area (Å²) in [6.07, 6.45) is -3.36. The first-order valence-electron chi connectivity index (χ1n) is 7.95. The van der Waals surface area contributed by atoms with Crippen LogP contribution < -0.4 is 5.32 Å². The first-order chi connectivity index (χ1) is 10.9. The van der Waals surface area contributed by atoms with E-state index in [9.17, 15) is 17.6 Å². The standard InChI is InChI=1S/C16H21F4N3/c17-14-8-12(7-13(9-14)16(18,19)20)11-22-3-5-23(6-4-22)15-1-2-21-10-15/h7-9,15,21H,1-6,10-11H2. The highest BCUT2D eigenvalue weighted by atomic mass is 19.4. The summed E-state index contributed by atoms with van der Waals surface area (Å²) in [6.45, 7) is 5.84. The minimum Gasteiger partial charge on any atom is -0.315 e. The van der Waals surface area contributed by atoms with Gasteiger partial charge in [-0.2, -0.15) is 13.2 Å². The second kappa shape index (κ2) is 6.75. The molecule has 1 atom stereocenters. The summed E-state index contributed by atoms with van der Waals surface area (Å²) in [5.41, 5.74) is -0.531. The molecule has 1 aromatic carbocycles. The Morgan fingerprint density at radius 3 is 2.43 bits per heavy atom. The average molecular weight is 331 g/mol. The van der Waals surface area contributed by atoms with Gasteiger partial charge < -0.3 is 5.32 Å². The molecule has 3 nitrogen and oxygen atoms in total. The smallest absolute Gasteiger partial charge is 0.315 e. The molecule has 1 aromatic rings. The van der Waals surface area contributed by atoms with Gasteiger partial charge in [0, 0.05) is 45.3 Å². The molecule has 0 radical (unpaired) electrons. The van der Waals surface area contributed by atoms with Crippen molar-refractivity contribution in [2.45, 2.75) is 25.2 Å². The van der Waals surface area contributed by atoms with Crippen molar-refractivity contribution >= 4 is 0 Å². The first kappa shape index (κ1) is 16.7. The van der Waals surface area contributed by atoms with E-state index in [2.05, 4.69) is 15.1 Å². The van der Waals surface area contributed by atoms with Crippen LogP contribution in [0, 0.1) is 5.82 Å². The fourth-order valence-corrected chi connectivity index (χ4v) is 3.40. The van der Waals surface area contributed by atoms with E-state index in [1.807, 2.05) is 0 Å². The highest BCUT2D eigenvalue weighted by Gasteiger charge is 2.32. The predicted octanol–water partition coefficient (Wildman–Crippen LogP) is 2.32. The number of halogens is 4. The summed E-state index contributed by atoms with van der Waals surface area (Å²) >= 11 is 0. The molecule has 7 heteroatoms. The Bertz CT molecular complexity index is 533. The van der Waals surface area contributed by atoms with Gasteiger partial charge in [-0.3, -0.25) is 9.80 Å². The van der Waals surface area contributed by atoms with Crippen LogP contribution in [0.1, 0.15) is 17.5 Å². The molecular weight excluding hydrogens is 310 g/mol. The molecule has 3 rings (SSSR count). The zero-order chi connectivity index (χ0) is 16.4. The number of hydrogen-bond donors (Lipinski definition) is 1. The summed E-state index contributed by atoms with van der Waals surface area (Å²) < 4.78 is 51.7. The Balaban J connectivity index is 1.59. The maximum absolute atomic E-state index is 13.4. The molecule has 2 aliphatic heterocycles. The number of rotatable bonds is 3. The van der Waals surface area contributed by atoms with Gasteiger partial charge in [-0.15, -0.1) is 0 Å². The van der Waals surface area contributed by atoms with Gasteiger partial charge in [0.2, 0.25) is 0 Å². The fourth-order valence-electron chi connectivity index (χ4n) is 3.40. The zero-order valence-electron chi connectivity index (χ0n) is 12.9. The molecule has 0 aliphatic carbocycles. The van der Waals surface area contributed by atoms with Crippen molar-refractivity contribution in [1.29, 1.82) is 0 Å². The van der Waals surface area contributed by atoms with Crippen LogP contribution in [0.2, 0.25) is 0 Å². The minimum atomic E-state index is -4.51. The van der Waals surface area contributed by atoms with Crippen molar-refractivity contribution in [3.05, 3.63) is 35.1 Å². The van der Waals surface area contributed by atoms with Crippen molar-refractivity contribution < 1.29 is 17.6 Å². The van der Waals surface area contributed by atoms with E-state index in [0.717, 1.165) is 51.8 Å². The molecule has 0 aromatic heterocycles. The number of hydrogen-bond acceptors (Lipinski definition) is 3. The molecule has 1 unspecified atom stereocenters. The van der Waals surface area contributed by atoms with Gasteiger partial charge in [0.05, 0.1) is 5.56 Å². The highest BCUT2D eigenvalue weighted by Crippen LogP contribution is 2.30. The zero-order valence-corrected chi connectivity index (χ0v) is 12.9. The molecule has 2 aliphatic rings. The summed E-state index contributed by atoms with van der Waals surface area (Å²) in [6, 6.07) is 3.37. The predicted molar refractivity (Wildman–Crippen MR) is 79.5 cm³/mol. The van der Waals surface area contributed by atoms with Crippen LogP contribution in [0.3, 0.4) is 0 Å². The Kier molecular flexibility index (Phi) is 4.89. The number of nitrogens with zero attached hydrogens (tertiary/aromatic N) is 2. The highest BCUT2D eigenvalue weighted by molar-refractivity contribution is 5.26. The van der Waals surface area contributed by atoms with E-state index in [1.165, 1.54) is 6.07 Å². The van der Waals surface area contributed by atoms with Gasteiger partial charge in [-0.1, -0.05) is 0 Å². The summed E-state index contributed by atoms with van der Waals surface area (Å²) in [5, 5.41) is 3.34. The molecular formula is C16H21F4N3. The van der Waals surface area contributed by atoms with Crippen molar-refractivity contribution in [3.8, 4) is 0 Å². The molecule has 2 fully saturated rings. The molecule has 2 saturated heterocycles. The van der Waals surface area contributed by atoms with E-state index in [-0.39, 0.29) is 0 Å². The molecule has 23 heavy (non-hydrogen) atoms. The van der Waals surface area contributed by atoms with E-state index >= 15 is 0 Å². The van der Waals surface area contributed by atoms with Crippen LogP contribution in [0.15, 0.2) is 18.2 Å². The Labute approximate surface area is 133 Å². The second-order valence-electron chi connectivity index (χ2n) is 6.30. The van der Waals surface area contributed by atoms with E-state index in [1.54, 1.807) is 0 Å². The lowest BCUT2D eigenvalue weighted by Gasteiger charge is -2.37. The SMILES string of the molecule is Fc1cc(CN2CCN(C3CCNC3)CC2)cc(C(F)(F)F)c1. The van der Waals surface area contributed by atoms with Crippen LogP contribution in [-0.2, 0) is 12.7 Å². The number of benzene rings is 1. The van der Waals surface area contributed by atoms with E-state index in [0.29, 0.717) is 24.2 Å². The summed E-state index contributed by atoms with van der Waals surface area (Å²) in [7, 11) is 0. The van der Waals surface area contributed by atoms with Gasteiger partial charge in [-0.05, 0) is 36.7 Å². The lowest BCUT2D eigenvalue weighted by Crippen LogP contribution is -2.50. The number of piperazine rings is 1. The molecule has 2 heterocycles. The van der Waals surface area contributed by atoms with Crippen LogP contribution in [0.4, 0.5) is 17.6 Å². The van der Waals surface area contributed by atoms with Gasteiger partial charge >= 0.3 is 6.18 Å². The quantitative estimate of drug-likeness (QED) is 0.858. The van der Waals surface area contributed by atoms with Gasteiger partial charge in [0.25, 0.3) is 0 Å². The third-order valence-electron chi connectivity index (χ3n) is 4.65. The van der Waals surface area contributed by atoms with Gasteiger partial charge in [-0.25, -0.2) is 4.39 Å². The third kappa shape index (κ3) is 4.22. The van der Waals surface area contributed by atoms with Crippen LogP contribution in [-0.4, -0.2) is 55.1 Å².